The van der Waals surface area contributed by atoms with Gasteiger partial charge >= 0.3 is 0 Å². The number of aromatic nitrogens is 3. The number of aryl methyl sites for hydroxylation is 3. The Morgan fingerprint density at radius 2 is 1.62 bits per heavy atom. The molecule has 0 saturated heterocycles. The zero-order chi connectivity index (χ0) is 26.2. The number of nitrogens with zero attached hydrogens (tertiary/aromatic N) is 3. The molecule has 188 valence electrons. The first-order chi connectivity index (χ1) is 17.7. The van der Waals surface area contributed by atoms with E-state index in [0.717, 1.165) is 39.2 Å². The number of nitrogens with one attached hydrogen (secondary N) is 1. The Hall–Kier alpha value is -4.17. The van der Waals surface area contributed by atoms with Gasteiger partial charge in [-0.1, -0.05) is 54.6 Å². The standard InChI is InChI=1S/C29H28N4O3S/c1-19-17-27(25-10-5-7-11-26(25)30-19)36-18-22-13-15-23(16-14-22)24-9-6-8-12-28(24)37(34,35)32-29-20(2)31-33(4)21(29)3/h5-17,32H,18H2,1-4H3. The second kappa shape index (κ2) is 9.71. The Kier molecular flexibility index (Phi) is 6.43. The fourth-order valence-corrected chi connectivity index (χ4v) is 5.79. The highest BCUT2D eigenvalue weighted by Crippen LogP contribution is 2.31. The van der Waals surface area contributed by atoms with Gasteiger partial charge in [0.05, 0.1) is 27.5 Å². The molecule has 0 spiro atoms. The Balaban J connectivity index is 1.39. The van der Waals surface area contributed by atoms with E-state index in [1.165, 1.54) is 0 Å². The van der Waals surface area contributed by atoms with E-state index in [4.69, 9.17) is 4.74 Å². The molecule has 0 aliphatic carbocycles. The molecule has 0 unspecified atom stereocenters. The molecule has 7 nitrogen and oxygen atoms in total. The van der Waals surface area contributed by atoms with E-state index in [0.29, 0.717) is 23.6 Å². The van der Waals surface area contributed by atoms with Crippen molar-refractivity contribution in [3.63, 3.8) is 0 Å². The average Bonchev–Trinajstić information content (AvgIpc) is 3.13. The van der Waals surface area contributed by atoms with Gasteiger partial charge < -0.3 is 4.74 Å². The van der Waals surface area contributed by atoms with Crippen LogP contribution in [-0.2, 0) is 23.7 Å². The smallest absolute Gasteiger partial charge is 0.262 e. The first-order valence-corrected chi connectivity index (χ1v) is 13.4. The van der Waals surface area contributed by atoms with Crippen molar-refractivity contribution in [3.8, 4) is 16.9 Å². The highest BCUT2D eigenvalue weighted by molar-refractivity contribution is 7.92. The minimum absolute atomic E-state index is 0.209. The second-order valence-corrected chi connectivity index (χ2v) is 10.7. The average molecular weight is 513 g/mol. The molecule has 0 bridgehead atoms. The van der Waals surface area contributed by atoms with Gasteiger partial charge in [-0.15, -0.1) is 0 Å². The summed E-state index contributed by atoms with van der Waals surface area (Å²) in [7, 11) is -2.05. The number of hydrogen-bond acceptors (Lipinski definition) is 5. The lowest BCUT2D eigenvalue weighted by Gasteiger charge is -2.14. The van der Waals surface area contributed by atoms with E-state index in [-0.39, 0.29) is 4.90 Å². The van der Waals surface area contributed by atoms with Crippen LogP contribution in [-0.4, -0.2) is 23.2 Å². The molecule has 3 aromatic carbocycles. The molecule has 8 heteroatoms. The van der Waals surface area contributed by atoms with Crippen molar-refractivity contribution in [2.75, 3.05) is 4.72 Å². The number of rotatable bonds is 7. The van der Waals surface area contributed by atoms with Crippen molar-refractivity contribution in [1.29, 1.82) is 0 Å². The van der Waals surface area contributed by atoms with Gasteiger partial charge in [0.1, 0.15) is 12.4 Å². The third kappa shape index (κ3) is 4.93. The number of anilines is 1. The summed E-state index contributed by atoms with van der Waals surface area (Å²) in [5, 5.41) is 5.28. The maximum absolute atomic E-state index is 13.4. The predicted octanol–water partition coefficient (Wildman–Crippen LogP) is 5.94. The Labute approximate surface area is 216 Å². The Morgan fingerprint density at radius 3 is 2.35 bits per heavy atom. The number of pyridine rings is 1. The van der Waals surface area contributed by atoms with Gasteiger partial charge in [-0.25, -0.2) is 8.42 Å². The van der Waals surface area contributed by atoms with Gasteiger partial charge in [0.25, 0.3) is 10.0 Å². The predicted molar refractivity (Wildman–Crippen MR) is 146 cm³/mol. The third-order valence-corrected chi connectivity index (χ3v) is 7.80. The summed E-state index contributed by atoms with van der Waals surface area (Å²) < 4.78 is 37.3. The van der Waals surface area contributed by atoms with Crippen molar-refractivity contribution in [1.82, 2.24) is 14.8 Å². The van der Waals surface area contributed by atoms with Crippen LogP contribution in [0, 0.1) is 20.8 Å². The lowest BCUT2D eigenvalue weighted by molar-refractivity contribution is 0.309. The molecule has 0 atom stereocenters. The summed E-state index contributed by atoms with van der Waals surface area (Å²) in [6.07, 6.45) is 0. The first kappa shape index (κ1) is 24.5. The fourth-order valence-electron chi connectivity index (χ4n) is 4.38. The van der Waals surface area contributed by atoms with Crippen LogP contribution in [0.3, 0.4) is 0 Å². The van der Waals surface area contributed by atoms with Crippen LogP contribution >= 0.6 is 0 Å². The molecule has 1 N–H and O–H groups in total. The normalized spacial score (nSPS) is 11.6. The molecule has 0 fully saturated rings. The molecular formula is C29H28N4O3S. The van der Waals surface area contributed by atoms with E-state index >= 15 is 0 Å². The zero-order valence-corrected chi connectivity index (χ0v) is 22.0. The van der Waals surface area contributed by atoms with Crippen molar-refractivity contribution >= 4 is 26.6 Å². The van der Waals surface area contributed by atoms with Crippen molar-refractivity contribution in [3.05, 3.63) is 102 Å². The van der Waals surface area contributed by atoms with Crippen LogP contribution in [0.5, 0.6) is 5.75 Å². The summed E-state index contributed by atoms with van der Waals surface area (Å²) in [5.41, 5.74) is 6.07. The van der Waals surface area contributed by atoms with Crippen LogP contribution in [0.25, 0.3) is 22.0 Å². The molecule has 2 heterocycles. The third-order valence-electron chi connectivity index (χ3n) is 6.39. The highest BCUT2D eigenvalue weighted by Gasteiger charge is 2.22. The van der Waals surface area contributed by atoms with E-state index in [2.05, 4.69) is 14.8 Å². The van der Waals surface area contributed by atoms with Crippen LogP contribution in [0.4, 0.5) is 5.69 Å². The van der Waals surface area contributed by atoms with Crippen LogP contribution in [0.2, 0.25) is 0 Å². The van der Waals surface area contributed by atoms with Crippen LogP contribution < -0.4 is 9.46 Å². The number of hydrogen-bond donors (Lipinski definition) is 1. The van der Waals surface area contributed by atoms with Crippen LogP contribution in [0.1, 0.15) is 22.6 Å². The quantitative estimate of drug-likeness (QED) is 0.292. The van der Waals surface area contributed by atoms with Gasteiger partial charge in [0.2, 0.25) is 0 Å². The summed E-state index contributed by atoms with van der Waals surface area (Å²) in [5.74, 6) is 0.788. The van der Waals surface area contributed by atoms with Crippen molar-refractivity contribution in [2.24, 2.45) is 7.05 Å². The Morgan fingerprint density at radius 1 is 0.919 bits per heavy atom. The summed E-state index contributed by atoms with van der Waals surface area (Å²) in [6.45, 7) is 5.95. The summed E-state index contributed by atoms with van der Waals surface area (Å²) in [6, 6.07) is 24.6. The maximum atomic E-state index is 13.4. The van der Waals surface area contributed by atoms with Crippen LogP contribution in [0.15, 0.2) is 83.8 Å². The fraction of sp³-hybridized carbons (Fsp3) is 0.172. The number of para-hydroxylation sites is 1. The lowest BCUT2D eigenvalue weighted by atomic mass is 10.0. The highest BCUT2D eigenvalue weighted by atomic mass is 32.2. The van der Waals surface area contributed by atoms with E-state index in [1.54, 1.807) is 30.8 Å². The minimum Gasteiger partial charge on any atom is -0.488 e. The van der Waals surface area contributed by atoms with Gasteiger partial charge in [-0.2, -0.15) is 5.10 Å². The molecule has 37 heavy (non-hydrogen) atoms. The number of sulfonamides is 1. The second-order valence-electron chi connectivity index (χ2n) is 9.04. The summed E-state index contributed by atoms with van der Waals surface area (Å²) >= 11 is 0. The maximum Gasteiger partial charge on any atom is 0.262 e. The minimum atomic E-state index is -3.84. The molecule has 5 rings (SSSR count). The lowest BCUT2D eigenvalue weighted by Crippen LogP contribution is -2.15. The van der Waals surface area contributed by atoms with Gasteiger partial charge in [-0.05, 0) is 50.1 Å². The topological polar surface area (TPSA) is 86.1 Å². The molecule has 0 amide bonds. The molecule has 0 aliphatic rings. The first-order valence-electron chi connectivity index (χ1n) is 11.9. The van der Waals surface area contributed by atoms with Gasteiger partial charge in [0.15, 0.2) is 0 Å². The molecule has 0 saturated carbocycles. The number of ether oxygens (including phenoxy) is 1. The van der Waals surface area contributed by atoms with Gasteiger partial charge in [0, 0.05) is 29.8 Å². The van der Waals surface area contributed by atoms with Crippen molar-refractivity contribution in [2.45, 2.75) is 32.3 Å². The van der Waals surface area contributed by atoms with E-state index in [9.17, 15) is 8.42 Å². The molecule has 0 aliphatic heterocycles. The molecule has 2 aromatic heterocycles. The molecule has 0 radical (unpaired) electrons. The summed E-state index contributed by atoms with van der Waals surface area (Å²) in [4.78, 5) is 4.77. The van der Waals surface area contributed by atoms with Gasteiger partial charge in [-0.3, -0.25) is 14.4 Å². The molecule has 5 aromatic rings. The van der Waals surface area contributed by atoms with E-state index in [1.807, 2.05) is 80.6 Å². The monoisotopic (exact) mass is 512 g/mol. The SMILES string of the molecule is Cc1cc(OCc2ccc(-c3ccccc3S(=O)(=O)Nc3c(C)nn(C)c3C)cc2)c2ccccc2n1. The number of fused-ring (bicyclic) bond motifs is 1. The largest absolute Gasteiger partial charge is 0.488 e. The van der Waals surface area contributed by atoms with Crippen molar-refractivity contribution < 1.29 is 13.2 Å². The van der Waals surface area contributed by atoms with E-state index < -0.39 is 10.0 Å². The Bertz CT molecular complexity index is 1710. The number of benzene rings is 3. The zero-order valence-electron chi connectivity index (χ0n) is 21.2. The molecular weight excluding hydrogens is 484 g/mol.